The fourth-order valence-corrected chi connectivity index (χ4v) is 4.08. The number of amidine groups is 1. The third-order valence-corrected chi connectivity index (χ3v) is 5.65. The first-order valence-electron chi connectivity index (χ1n) is 10.0. The van der Waals surface area contributed by atoms with Gasteiger partial charge in [0.25, 0.3) is 0 Å². The molecule has 2 aromatic carbocycles. The second kappa shape index (κ2) is 8.33. The third kappa shape index (κ3) is 3.91. The molecule has 4 rings (SSSR count). The van der Waals surface area contributed by atoms with Crippen molar-refractivity contribution < 1.29 is 9.47 Å². The summed E-state index contributed by atoms with van der Waals surface area (Å²) in [5, 5.41) is 7.51. The SMILES string of the molecule is COCCc1cccc2c1NC(=NCc1cccc(C)c1)C1(CCOCC1)N2. The summed E-state index contributed by atoms with van der Waals surface area (Å²) >= 11 is 0. The van der Waals surface area contributed by atoms with Crippen LogP contribution in [0.2, 0.25) is 0 Å². The van der Waals surface area contributed by atoms with Crippen LogP contribution in [0.4, 0.5) is 11.4 Å². The van der Waals surface area contributed by atoms with Crippen LogP contribution in [-0.2, 0) is 22.4 Å². The van der Waals surface area contributed by atoms with Crippen molar-refractivity contribution >= 4 is 17.2 Å². The number of aliphatic imine (C=N–C) groups is 1. The monoisotopic (exact) mass is 379 g/mol. The first kappa shape index (κ1) is 19.0. The van der Waals surface area contributed by atoms with Crippen LogP contribution in [0.5, 0.6) is 0 Å². The maximum Gasteiger partial charge on any atom is 0.127 e. The van der Waals surface area contributed by atoms with Crippen molar-refractivity contribution in [2.24, 2.45) is 4.99 Å². The molecular formula is C23H29N3O2. The zero-order valence-electron chi connectivity index (χ0n) is 16.8. The fraction of sp³-hybridized carbons (Fsp3) is 0.435. The van der Waals surface area contributed by atoms with Gasteiger partial charge in [-0.25, -0.2) is 0 Å². The average molecular weight is 380 g/mol. The van der Waals surface area contributed by atoms with E-state index in [0.717, 1.165) is 49.7 Å². The summed E-state index contributed by atoms with van der Waals surface area (Å²) in [6.45, 7) is 4.99. The summed E-state index contributed by atoms with van der Waals surface area (Å²) in [5.41, 5.74) is 5.83. The van der Waals surface area contributed by atoms with Crippen molar-refractivity contribution in [1.82, 2.24) is 0 Å². The molecule has 2 N–H and O–H groups in total. The van der Waals surface area contributed by atoms with Gasteiger partial charge < -0.3 is 20.1 Å². The van der Waals surface area contributed by atoms with Gasteiger partial charge in [-0.15, -0.1) is 0 Å². The Morgan fingerprint density at radius 3 is 2.75 bits per heavy atom. The molecule has 1 fully saturated rings. The molecule has 0 aliphatic carbocycles. The topological polar surface area (TPSA) is 54.9 Å². The second-order valence-electron chi connectivity index (χ2n) is 7.68. The number of benzene rings is 2. The summed E-state index contributed by atoms with van der Waals surface area (Å²) < 4.78 is 10.9. The van der Waals surface area contributed by atoms with E-state index >= 15 is 0 Å². The lowest BCUT2D eigenvalue weighted by molar-refractivity contribution is 0.0778. The van der Waals surface area contributed by atoms with Crippen LogP contribution in [0.3, 0.4) is 0 Å². The van der Waals surface area contributed by atoms with E-state index in [-0.39, 0.29) is 5.54 Å². The van der Waals surface area contributed by atoms with Gasteiger partial charge in [-0.05, 0) is 30.5 Å². The van der Waals surface area contributed by atoms with Gasteiger partial charge in [0.05, 0.1) is 30.1 Å². The number of nitrogens with zero attached hydrogens (tertiary/aromatic N) is 1. The molecule has 148 valence electrons. The summed E-state index contributed by atoms with van der Waals surface area (Å²) in [4.78, 5) is 5.05. The highest BCUT2D eigenvalue weighted by molar-refractivity contribution is 6.10. The van der Waals surface area contributed by atoms with Crippen molar-refractivity contribution in [3.05, 3.63) is 59.2 Å². The van der Waals surface area contributed by atoms with Crippen molar-refractivity contribution in [2.75, 3.05) is 37.6 Å². The molecular weight excluding hydrogens is 350 g/mol. The van der Waals surface area contributed by atoms with Gasteiger partial charge >= 0.3 is 0 Å². The minimum Gasteiger partial charge on any atom is -0.384 e. The van der Waals surface area contributed by atoms with Gasteiger partial charge in [-0.3, -0.25) is 4.99 Å². The van der Waals surface area contributed by atoms with Gasteiger partial charge in [0.15, 0.2) is 0 Å². The molecule has 0 bridgehead atoms. The quantitative estimate of drug-likeness (QED) is 0.819. The van der Waals surface area contributed by atoms with Gasteiger partial charge in [-0.2, -0.15) is 0 Å². The summed E-state index contributed by atoms with van der Waals surface area (Å²) in [6, 6.07) is 15.0. The lowest BCUT2D eigenvalue weighted by Crippen LogP contribution is -2.56. The first-order chi connectivity index (χ1) is 13.7. The number of fused-ring (bicyclic) bond motifs is 1. The summed E-state index contributed by atoms with van der Waals surface area (Å²) in [5.74, 6) is 1.02. The molecule has 0 saturated carbocycles. The van der Waals surface area contributed by atoms with Crippen molar-refractivity contribution in [3.8, 4) is 0 Å². The van der Waals surface area contributed by atoms with E-state index in [1.807, 2.05) is 0 Å². The van der Waals surface area contributed by atoms with Gasteiger partial charge in [0.1, 0.15) is 5.84 Å². The highest BCUT2D eigenvalue weighted by atomic mass is 16.5. The van der Waals surface area contributed by atoms with Crippen LogP contribution < -0.4 is 10.6 Å². The zero-order chi connectivity index (χ0) is 19.4. The molecule has 2 aliphatic heterocycles. The minimum absolute atomic E-state index is 0.186. The number of rotatable bonds is 5. The summed E-state index contributed by atoms with van der Waals surface area (Å²) in [6.07, 6.45) is 2.69. The van der Waals surface area contributed by atoms with E-state index < -0.39 is 0 Å². The first-order valence-corrected chi connectivity index (χ1v) is 10.0. The molecule has 1 saturated heterocycles. The Morgan fingerprint density at radius 2 is 1.96 bits per heavy atom. The molecule has 5 heteroatoms. The van der Waals surface area contributed by atoms with Crippen LogP contribution in [0.1, 0.15) is 29.5 Å². The van der Waals surface area contributed by atoms with Crippen molar-refractivity contribution in [2.45, 2.75) is 38.3 Å². The smallest absolute Gasteiger partial charge is 0.127 e. The maximum absolute atomic E-state index is 5.65. The van der Waals surface area contributed by atoms with Crippen LogP contribution in [0, 0.1) is 6.92 Å². The lowest BCUT2D eigenvalue weighted by atomic mass is 9.85. The Balaban J connectivity index is 1.67. The zero-order valence-corrected chi connectivity index (χ0v) is 16.8. The number of anilines is 2. The molecule has 0 amide bonds. The minimum atomic E-state index is -0.186. The molecule has 5 nitrogen and oxygen atoms in total. The Kier molecular flexibility index (Phi) is 5.64. The van der Waals surface area contributed by atoms with E-state index in [4.69, 9.17) is 14.5 Å². The number of ether oxygens (including phenoxy) is 2. The Hall–Kier alpha value is -2.37. The number of hydrogen-bond donors (Lipinski definition) is 2. The normalized spacial score (nSPS) is 19.1. The third-order valence-electron chi connectivity index (χ3n) is 5.65. The van der Waals surface area contributed by atoms with E-state index in [2.05, 4.69) is 60.0 Å². The maximum atomic E-state index is 5.65. The molecule has 0 aromatic heterocycles. The molecule has 0 unspecified atom stereocenters. The second-order valence-corrected chi connectivity index (χ2v) is 7.68. The lowest BCUT2D eigenvalue weighted by Gasteiger charge is -2.44. The molecule has 2 heterocycles. The molecule has 1 spiro atoms. The van der Waals surface area contributed by atoms with Gasteiger partial charge in [0, 0.05) is 33.2 Å². The number of nitrogens with one attached hydrogen (secondary N) is 2. The van der Waals surface area contributed by atoms with Crippen molar-refractivity contribution in [1.29, 1.82) is 0 Å². The van der Waals surface area contributed by atoms with E-state index in [0.29, 0.717) is 13.2 Å². The predicted octanol–water partition coefficient (Wildman–Crippen LogP) is 4.17. The van der Waals surface area contributed by atoms with Gasteiger partial charge in [-0.1, -0.05) is 42.0 Å². The number of hydrogen-bond acceptors (Lipinski definition) is 4. The highest BCUT2D eigenvalue weighted by Crippen LogP contribution is 2.38. The fourth-order valence-electron chi connectivity index (χ4n) is 4.08. The molecule has 0 atom stereocenters. The van der Waals surface area contributed by atoms with E-state index in [1.54, 1.807) is 7.11 Å². The standard InChI is InChI=1S/C23H29N3O2/c1-17-5-3-6-18(15-17)16-24-22-23(10-13-28-14-11-23)26-20-8-4-7-19(9-12-27-2)21(20)25-22/h3-8,15,26H,9-14,16H2,1-2H3,(H,24,25). The van der Waals surface area contributed by atoms with Crippen molar-refractivity contribution in [3.63, 3.8) is 0 Å². The van der Waals surface area contributed by atoms with Crippen LogP contribution in [-0.4, -0.2) is 38.3 Å². The van der Waals surface area contributed by atoms with E-state index in [1.165, 1.54) is 16.7 Å². The number of methoxy groups -OCH3 is 1. The molecule has 28 heavy (non-hydrogen) atoms. The Bertz CT molecular complexity index is 857. The number of para-hydroxylation sites is 1. The average Bonchev–Trinajstić information content (AvgIpc) is 2.71. The summed E-state index contributed by atoms with van der Waals surface area (Å²) in [7, 11) is 1.74. The highest BCUT2D eigenvalue weighted by Gasteiger charge is 2.41. The van der Waals surface area contributed by atoms with E-state index in [9.17, 15) is 0 Å². The van der Waals surface area contributed by atoms with Crippen LogP contribution >= 0.6 is 0 Å². The number of aryl methyl sites for hydroxylation is 1. The Morgan fingerprint density at radius 1 is 1.14 bits per heavy atom. The molecule has 2 aromatic rings. The largest absolute Gasteiger partial charge is 0.384 e. The predicted molar refractivity (Wildman–Crippen MR) is 114 cm³/mol. The van der Waals surface area contributed by atoms with Crippen LogP contribution in [0.15, 0.2) is 47.5 Å². The molecule has 0 radical (unpaired) electrons. The van der Waals surface area contributed by atoms with Crippen LogP contribution in [0.25, 0.3) is 0 Å². The van der Waals surface area contributed by atoms with Gasteiger partial charge in [0.2, 0.25) is 0 Å². The Labute approximate surface area is 167 Å². The molecule has 2 aliphatic rings.